The van der Waals surface area contributed by atoms with E-state index >= 15 is 0 Å². The molecule has 0 unspecified atom stereocenters. The van der Waals surface area contributed by atoms with Gasteiger partial charge in [0.15, 0.2) is 11.5 Å². The van der Waals surface area contributed by atoms with E-state index in [1.54, 1.807) is 44.6 Å². The minimum Gasteiger partial charge on any atom is -0.504 e. The Morgan fingerprint density at radius 1 is 0.864 bits per heavy atom. The fraction of sp³-hybridized carbons (Fsp3) is 0.176. The molecule has 5 heteroatoms. The molecule has 0 aromatic heterocycles. The lowest BCUT2D eigenvalue weighted by Crippen LogP contribution is -1.90. The van der Waals surface area contributed by atoms with Crippen molar-refractivity contribution in [1.29, 1.82) is 0 Å². The highest BCUT2D eigenvalue weighted by atomic mass is 19.1. The van der Waals surface area contributed by atoms with E-state index in [2.05, 4.69) is 0 Å². The van der Waals surface area contributed by atoms with Crippen LogP contribution in [-0.4, -0.2) is 26.4 Å². The summed E-state index contributed by atoms with van der Waals surface area (Å²) in [6, 6.07) is 7.77. The summed E-state index contributed by atoms with van der Waals surface area (Å²) >= 11 is 0. The van der Waals surface area contributed by atoms with E-state index < -0.39 is 5.82 Å². The standard InChI is InChI=1S/C17H17FO4/c1-20-13-7-6-11(16(9-13)21-2)4-5-12-8-15(19)17(22-3)10-14(12)18/h4-10,19H,1-3H3/b5-4+. The summed E-state index contributed by atoms with van der Waals surface area (Å²) in [5, 5.41) is 9.72. The minimum absolute atomic E-state index is 0.0941. The van der Waals surface area contributed by atoms with Crippen molar-refractivity contribution in [2.24, 2.45) is 0 Å². The Bertz CT molecular complexity index is 695. The predicted octanol–water partition coefficient (Wildman–Crippen LogP) is 3.73. The first-order valence-corrected chi connectivity index (χ1v) is 6.55. The lowest BCUT2D eigenvalue weighted by Gasteiger charge is -2.08. The second-order valence-corrected chi connectivity index (χ2v) is 4.49. The van der Waals surface area contributed by atoms with Crippen molar-refractivity contribution in [3.05, 3.63) is 47.3 Å². The molecule has 0 spiro atoms. The number of phenols is 1. The van der Waals surface area contributed by atoms with Crippen molar-refractivity contribution >= 4 is 12.2 Å². The molecule has 0 saturated carbocycles. The number of hydrogen-bond acceptors (Lipinski definition) is 4. The van der Waals surface area contributed by atoms with Crippen LogP contribution in [0.4, 0.5) is 4.39 Å². The van der Waals surface area contributed by atoms with E-state index in [0.717, 1.165) is 11.6 Å². The number of methoxy groups -OCH3 is 3. The highest BCUT2D eigenvalue weighted by molar-refractivity contribution is 5.74. The van der Waals surface area contributed by atoms with Gasteiger partial charge in [0.1, 0.15) is 17.3 Å². The van der Waals surface area contributed by atoms with Gasteiger partial charge in [-0.15, -0.1) is 0 Å². The Kier molecular flexibility index (Phi) is 4.88. The predicted molar refractivity (Wildman–Crippen MR) is 83.1 cm³/mol. The molecule has 0 atom stereocenters. The fourth-order valence-corrected chi connectivity index (χ4v) is 1.99. The van der Waals surface area contributed by atoms with Gasteiger partial charge in [-0.1, -0.05) is 12.2 Å². The molecule has 0 aliphatic heterocycles. The topological polar surface area (TPSA) is 47.9 Å². The second-order valence-electron chi connectivity index (χ2n) is 4.49. The van der Waals surface area contributed by atoms with Crippen LogP contribution in [-0.2, 0) is 0 Å². The van der Waals surface area contributed by atoms with Crippen LogP contribution in [0.5, 0.6) is 23.0 Å². The average molecular weight is 304 g/mol. The lowest BCUT2D eigenvalue weighted by atomic mass is 10.1. The van der Waals surface area contributed by atoms with Gasteiger partial charge in [0, 0.05) is 23.3 Å². The van der Waals surface area contributed by atoms with E-state index in [9.17, 15) is 9.50 Å². The number of phenolic OH excluding ortho intramolecular Hbond substituents is 1. The molecule has 0 aliphatic rings. The summed E-state index contributed by atoms with van der Waals surface area (Å²) < 4.78 is 29.2. The quantitative estimate of drug-likeness (QED) is 0.855. The highest BCUT2D eigenvalue weighted by Crippen LogP contribution is 2.31. The Labute approximate surface area is 128 Å². The molecule has 2 rings (SSSR count). The maximum Gasteiger partial charge on any atom is 0.163 e. The first kappa shape index (κ1) is 15.7. The number of halogens is 1. The van der Waals surface area contributed by atoms with Crippen LogP contribution in [0.15, 0.2) is 30.3 Å². The van der Waals surface area contributed by atoms with Crippen LogP contribution in [0.3, 0.4) is 0 Å². The van der Waals surface area contributed by atoms with Gasteiger partial charge >= 0.3 is 0 Å². The number of rotatable bonds is 5. The smallest absolute Gasteiger partial charge is 0.163 e. The van der Waals surface area contributed by atoms with Gasteiger partial charge in [-0.2, -0.15) is 0 Å². The van der Waals surface area contributed by atoms with Crippen LogP contribution in [0.2, 0.25) is 0 Å². The molecule has 116 valence electrons. The van der Waals surface area contributed by atoms with Gasteiger partial charge in [0.2, 0.25) is 0 Å². The third-order valence-electron chi connectivity index (χ3n) is 3.18. The number of ether oxygens (including phenoxy) is 3. The molecule has 22 heavy (non-hydrogen) atoms. The third kappa shape index (κ3) is 3.31. The Morgan fingerprint density at radius 3 is 2.18 bits per heavy atom. The van der Waals surface area contributed by atoms with Gasteiger partial charge in [-0.3, -0.25) is 0 Å². The van der Waals surface area contributed by atoms with Crippen LogP contribution in [0.1, 0.15) is 11.1 Å². The van der Waals surface area contributed by atoms with Crippen molar-refractivity contribution in [1.82, 2.24) is 0 Å². The molecule has 2 aromatic carbocycles. The monoisotopic (exact) mass is 304 g/mol. The molecule has 0 saturated heterocycles. The maximum atomic E-state index is 13.9. The van der Waals surface area contributed by atoms with Crippen molar-refractivity contribution < 1.29 is 23.7 Å². The summed E-state index contributed by atoms with van der Waals surface area (Å²) in [5.41, 5.74) is 1.01. The zero-order valence-corrected chi connectivity index (χ0v) is 12.6. The van der Waals surface area contributed by atoms with Gasteiger partial charge in [0.05, 0.1) is 21.3 Å². The van der Waals surface area contributed by atoms with Crippen molar-refractivity contribution in [2.45, 2.75) is 0 Å². The zero-order valence-electron chi connectivity index (χ0n) is 12.6. The van der Waals surface area contributed by atoms with Crippen molar-refractivity contribution in [2.75, 3.05) is 21.3 Å². The minimum atomic E-state index is -0.488. The second kappa shape index (κ2) is 6.85. The van der Waals surface area contributed by atoms with Gasteiger partial charge < -0.3 is 19.3 Å². The molecule has 0 fully saturated rings. The Hall–Kier alpha value is -2.69. The summed E-state index contributed by atoms with van der Waals surface area (Å²) in [7, 11) is 4.48. The van der Waals surface area contributed by atoms with Crippen molar-refractivity contribution in [3.8, 4) is 23.0 Å². The summed E-state index contributed by atoms with van der Waals surface area (Å²) in [5.74, 6) is 0.760. The molecule has 0 bridgehead atoms. The molecule has 0 aliphatic carbocycles. The normalized spacial score (nSPS) is 10.7. The van der Waals surface area contributed by atoms with Gasteiger partial charge in [-0.25, -0.2) is 4.39 Å². The molecular formula is C17H17FO4. The van der Waals surface area contributed by atoms with Crippen LogP contribution < -0.4 is 14.2 Å². The SMILES string of the molecule is COc1ccc(/C=C/c2cc(O)c(OC)cc2F)c(OC)c1. The molecule has 0 heterocycles. The van der Waals surface area contributed by atoms with Gasteiger partial charge in [-0.05, 0) is 18.2 Å². The van der Waals surface area contributed by atoms with Crippen LogP contribution >= 0.6 is 0 Å². The lowest BCUT2D eigenvalue weighted by molar-refractivity contribution is 0.370. The molecule has 1 N–H and O–H groups in total. The Morgan fingerprint density at radius 2 is 1.55 bits per heavy atom. The first-order chi connectivity index (χ1) is 10.6. The van der Waals surface area contributed by atoms with Crippen molar-refractivity contribution in [3.63, 3.8) is 0 Å². The van der Waals surface area contributed by atoms with E-state index in [-0.39, 0.29) is 17.1 Å². The van der Waals surface area contributed by atoms with E-state index in [1.165, 1.54) is 13.2 Å². The maximum absolute atomic E-state index is 13.9. The summed E-state index contributed by atoms with van der Waals surface area (Å²) in [4.78, 5) is 0. The van der Waals surface area contributed by atoms with E-state index in [0.29, 0.717) is 11.5 Å². The molecule has 0 amide bonds. The summed E-state index contributed by atoms with van der Waals surface area (Å²) in [6.07, 6.45) is 3.25. The van der Waals surface area contributed by atoms with Gasteiger partial charge in [0.25, 0.3) is 0 Å². The highest BCUT2D eigenvalue weighted by Gasteiger charge is 2.08. The fourth-order valence-electron chi connectivity index (χ4n) is 1.99. The largest absolute Gasteiger partial charge is 0.504 e. The first-order valence-electron chi connectivity index (χ1n) is 6.55. The molecule has 2 aromatic rings. The number of benzene rings is 2. The van der Waals surface area contributed by atoms with Crippen LogP contribution in [0, 0.1) is 5.82 Å². The van der Waals surface area contributed by atoms with E-state index in [1.807, 2.05) is 0 Å². The number of hydrogen-bond donors (Lipinski definition) is 1. The van der Waals surface area contributed by atoms with E-state index in [4.69, 9.17) is 14.2 Å². The molecule has 4 nitrogen and oxygen atoms in total. The van der Waals surface area contributed by atoms with Crippen LogP contribution in [0.25, 0.3) is 12.2 Å². The third-order valence-corrected chi connectivity index (χ3v) is 3.18. The zero-order chi connectivity index (χ0) is 16.1. The number of aromatic hydroxyl groups is 1. The molecular weight excluding hydrogens is 287 g/mol. The average Bonchev–Trinajstić information content (AvgIpc) is 2.54. The Balaban J connectivity index is 2.34. The summed E-state index contributed by atoms with van der Waals surface area (Å²) in [6.45, 7) is 0. The molecule has 0 radical (unpaired) electrons.